The van der Waals surface area contributed by atoms with Gasteiger partial charge in [-0.3, -0.25) is 69.3 Å². The summed E-state index contributed by atoms with van der Waals surface area (Å²) in [5.41, 5.74) is 22.6. The van der Waals surface area contributed by atoms with Gasteiger partial charge in [0.1, 0.15) is 39.6 Å². The Morgan fingerprint density at radius 1 is 0.384 bits per heavy atom. The number of hydrogen-bond donors (Lipinski definition) is 10. The minimum atomic E-state index is -2.63. The lowest BCUT2D eigenvalue weighted by molar-refractivity contribution is 0.0114. The van der Waals surface area contributed by atoms with Gasteiger partial charge in [-0.1, -0.05) is 48.5 Å². The molecule has 13 heterocycles. The van der Waals surface area contributed by atoms with Crippen LogP contribution in [-0.4, -0.2) is 177 Å². The van der Waals surface area contributed by atoms with Crippen LogP contribution >= 0.6 is 0 Å². The molecule has 0 atom stereocenters. The molecule has 2 fully saturated rings. The number of aromatic nitrogens is 12. The number of aliphatic hydroxyl groups excluding tert-OH is 1. The van der Waals surface area contributed by atoms with Crippen LogP contribution in [-0.2, 0) is 13.1 Å². The van der Waals surface area contributed by atoms with Gasteiger partial charge in [0, 0.05) is 173 Å². The van der Waals surface area contributed by atoms with E-state index >= 15 is 0 Å². The van der Waals surface area contributed by atoms with Crippen LogP contribution in [0.3, 0.4) is 0 Å². The zero-order valence-electron chi connectivity index (χ0n) is 67.0. The number of alkyl halides is 2. The van der Waals surface area contributed by atoms with E-state index in [4.69, 9.17) is 34.2 Å². The molecule has 8 aromatic heterocycles. The average Bonchev–Trinajstić information content (AvgIpc) is 1.68. The molecule has 5 aliphatic rings. The first-order valence-corrected chi connectivity index (χ1v) is 40.5. The van der Waals surface area contributed by atoms with Crippen LogP contribution in [0.4, 0.5) is 37.2 Å². The number of carbonyl (C=O) groups excluding carboxylic acids is 4. The summed E-state index contributed by atoms with van der Waals surface area (Å²) >= 11 is 0. The van der Waals surface area contributed by atoms with Crippen molar-refractivity contribution >= 4 is 95.7 Å². The van der Waals surface area contributed by atoms with Gasteiger partial charge in [0.05, 0.1) is 40.4 Å². The molecule has 0 bridgehead atoms. The van der Waals surface area contributed by atoms with Crippen LogP contribution in [0.2, 0.25) is 0 Å². The third-order valence-electron chi connectivity index (χ3n) is 21.5. The second-order valence-corrected chi connectivity index (χ2v) is 30.3. The van der Waals surface area contributed by atoms with Crippen molar-refractivity contribution in [3.8, 4) is 79.0 Å². The van der Waals surface area contributed by atoms with Crippen LogP contribution in [0.5, 0.6) is 34.5 Å². The Labute approximate surface area is 711 Å². The predicted octanol–water partition coefficient (Wildman–Crippen LogP) is 15.2. The Balaban J connectivity index is 0.000000114. The van der Waals surface area contributed by atoms with Gasteiger partial charge in [0.2, 0.25) is 0 Å². The third kappa shape index (κ3) is 18.8. The van der Waals surface area contributed by atoms with E-state index in [1.807, 2.05) is 140 Å². The third-order valence-corrected chi connectivity index (χ3v) is 21.5. The second-order valence-electron chi connectivity index (χ2n) is 30.3. The molecule has 21 rings (SSSR count). The molecule has 4 amide bonds. The molecular formula is C93H81F2N19O11. The molecule has 125 heavy (non-hydrogen) atoms. The van der Waals surface area contributed by atoms with Crippen molar-refractivity contribution in [3.05, 3.63) is 272 Å². The topological polar surface area (TPSA) is 391 Å². The number of piperidine rings is 1. The lowest BCUT2D eigenvalue weighted by Gasteiger charge is -2.29. The fraction of sp³-hybridized carbons (Fsp3) is 0.183. The monoisotopic (exact) mass is 1680 g/mol. The fourth-order valence-corrected chi connectivity index (χ4v) is 15.3. The Morgan fingerprint density at radius 3 is 1.15 bits per heavy atom. The quantitative estimate of drug-likeness (QED) is 0.0429. The summed E-state index contributed by atoms with van der Waals surface area (Å²) in [5.74, 6) is -0.0733. The summed E-state index contributed by atoms with van der Waals surface area (Å²) in [7, 11) is 0. The number of aromatic amines is 4. The Morgan fingerprint density at radius 2 is 0.760 bits per heavy atom. The van der Waals surface area contributed by atoms with Gasteiger partial charge in [-0.15, -0.1) is 0 Å². The van der Waals surface area contributed by atoms with Crippen molar-refractivity contribution in [2.45, 2.75) is 44.4 Å². The summed E-state index contributed by atoms with van der Waals surface area (Å²) < 4.78 is 60.4. The van der Waals surface area contributed by atoms with E-state index in [-0.39, 0.29) is 48.4 Å². The number of benzene rings is 8. The molecule has 0 aliphatic carbocycles. The molecule has 0 unspecified atom stereocenters. The number of halogens is 2. The van der Waals surface area contributed by atoms with Crippen molar-refractivity contribution in [3.63, 3.8) is 0 Å². The molecule has 16 aromatic rings. The number of ether oxygens (including phenoxy) is 6. The van der Waals surface area contributed by atoms with E-state index in [1.54, 1.807) is 96.7 Å². The highest BCUT2D eigenvalue weighted by atomic mass is 19.3. The van der Waals surface area contributed by atoms with Gasteiger partial charge in [0.15, 0.2) is 57.3 Å². The highest BCUT2D eigenvalue weighted by Crippen LogP contribution is 2.39. The number of amides is 4. The Bertz CT molecular complexity index is 6680. The number of para-hydroxylation sites is 1. The summed E-state index contributed by atoms with van der Waals surface area (Å²) in [6, 6.07) is 58.1. The number of nitrogens with zero attached hydrogens (tertiary/aromatic N) is 10. The predicted molar refractivity (Wildman–Crippen MR) is 468 cm³/mol. The first-order chi connectivity index (χ1) is 61.0. The number of hydrogen-bond acceptors (Lipinski definition) is 22. The van der Waals surface area contributed by atoms with Gasteiger partial charge in [0.25, 0.3) is 29.6 Å². The largest absolute Gasteiger partial charge is 0.486 e. The SMILES string of the molecule is Nc1cncc(-c2ccc3[nH]nc(C(=O)Nc4ccc5c(c4)OCCO5)c3c2)c1.O=C(Nc1ccc2c(c1)OCCO2)c1n[nH]c2ccc(-c3cccnc3)cc12.O=C(Nc1ccc2c(c1)OCCO2)c1n[nH]c2ccc(-c3cncc(CN4CCC(F)(F)C4)c3)cc12.O=C(Nc1ccccc1)c1n[nH]c2ccc(-c3cncc(CN4CCC(O)CC4)c3)cc12. The van der Waals surface area contributed by atoms with Gasteiger partial charge in [-0.2, -0.15) is 20.4 Å². The Kier molecular flexibility index (Phi) is 23.2. The minimum absolute atomic E-state index is 0.117. The number of fused-ring (bicyclic) bond motifs is 7. The molecule has 2 saturated heterocycles. The molecule has 30 nitrogen and oxygen atoms in total. The maximum absolute atomic E-state index is 13.6. The Hall–Kier alpha value is -15.5. The number of nitrogens with two attached hydrogens (primary N) is 1. The molecule has 628 valence electrons. The number of H-pyrrole nitrogens is 4. The summed E-state index contributed by atoms with van der Waals surface area (Å²) in [6.45, 7) is 6.10. The fourth-order valence-electron chi connectivity index (χ4n) is 15.3. The van der Waals surface area contributed by atoms with Crippen LogP contribution in [0.25, 0.3) is 88.1 Å². The van der Waals surface area contributed by atoms with E-state index in [9.17, 15) is 33.1 Å². The summed E-state index contributed by atoms with van der Waals surface area (Å²) in [5, 5.41) is 52.7. The standard InChI is InChI=1S/C26H23F2N5O3.C25H25N5O2.C21H17N5O3.C21H16N4O3/c27-26(28)5-6-33(15-26)14-16-9-18(13-29-12-16)17-1-3-21-20(10-17)24(32-31-21)25(34)30-19-2-4-22-23(11-19)36-8-7-35-22;31-21-8-10-30(11-9-21)16-17-12-19(15-26-14-17)18-6-7-23-22(13-18)24(29-28-23)25(32)27-20-4-2-1-3-5-20;22-14-7-13(10-23-11-14)12-1-3-17-16(8-12)20(26-25-17)21(27)24-15-2-4-18-19(9-15)29-6-5-28-18;26-21(23-15-4-6-18-19(11-15)28-9-8-27-18)20-16-10-13(3-5-17(16)24-25-20)14-2-1-7-22-12-14/h1-4,9-13H,5-8,14-15H2,(H,30,34)(H,31,32);1-7,12-15,21,31H,8-11,16H2,(H,27,32)(H,28,29);1-4,7-11H,5-6,22H2,(H,24,27)(H,25,26);1-7,10-12H,8-9H2,(H,23,26)(H,24,25). The lowest BCUT2D eigenvalue weighted by Crippen LogP contribution is -2.35. The number of pyridine rings is 4. The summed E-state index contributed by atoms with van der Waals surface area (Å²) in [6.07, 6.45) is 15.3. The van der Waals surface area contributed by atoms with Gasteiger partial charge >= 0.3 is 0 Å². The van der Waals surface area contributed by atoms with E-state index in [1.165, 1.54) is 0 Å². The van der Waals surface area contributed by atoms with Crippen LogP contribution in [0.1, 0.15) is 72.3 Å². The van der Waals surface area contributed by atoms with Crippen molar-refractivity contribution in [1.82, 2.24) is 70.5 Å². The molecule has 11 N–H and O–H groups in total. The number of carbonyl (C=O) groups is 4. The number of anilines is 5. The highest BCUT2D eigenvalue weighted by molar-refractivity contribution is 6.15. The lowest BCUT2D eigenvalue weighted by atomic mass is 10.0. The van der Waals surface area contributed by atoms with Crippen molar-refractivity contribution < 1.29 is 61.5 Å². The van der Waals surface area contributed by atoms with E-state index in [0.717, 1.165) is 127 Å². The zero-order valence-corrected chi connectivity index (χ0v) is 67.0. The van der Waals surface area contributed by atoms with Gasteiger partial charge < -0.3 is 60.5 Å². The number of rotatable bonds is 16. The second kappa shape index (κ2) is 36.0. The molecule has 0 radical (unpaired) electrons. The van der Waals surface area contributed by atoms with E-state index in [2.05, 4.69) is 93.0 Å². The highest BCUT2D eigenvalue weighted by Gasteiger charge is 2.38. The maximum atomic E-state index is 13.6. The number of nitrogens with one attached hydrogen (secondary N) is 8. The first-order valence-electron chi connectivity index (χ1n) is 40.5. The van der Waals surface area contributed by atoms with Crippen molar-refractivity contribution in [1.29, 1.82) is 0 Å². The zero-order chi connectivity index (χ0) is 85.3. The van der Waals surface area contributed by atoms with Crippen LogP contribution in [0.15, 0.2) is 238 Å². The normalized spacial score (nSPS) is 14.5. The molecule has 32 heteroatoms. The summed E-state index contributed by atoms with van der Waals surface area (Å²) in [4.78, 5) is 72.7. The molecule has 8 aromatic carbocycles. The van der Waals surface area contributed by atoms with Crippen LogP contribution < -0.4 is 55.4 Å². The van der Waals surface area contributed by atoms with Crippen molar-refractivity contribution in [2.75, 3.05) is 92.8 Å². The molecule has 0 spiro atoms. The number of likely N-dealkylation sites (tertiary alicyclic amines) is 2. The van der Waals surface area contributed by atoms with E-state index < -0.39 is 5.92 Å². The number of nitrogen functional groups attached to an aromatic ring is 1. The number of aliphatic hydroxyl groups is 1. The van der Waals surface area contributed by atoms with E-state index in [0.29, 0.717) is 138 Å². The minimum Gasteiger partial charge on any atom is -0.486 e. The molecule has 5 aliphatic heterocycles. The maximum Gasteiger partial charge on any atom is 0.276 e. The smallest absolute Gasteiger partial charge is 0.276 e. The van der Waals surface area contributed by atoms with Crippen LogP contribution in [0, 0.1) is 0 Å². The first kappa shape index (κ1) is 80.5. The van der Waals surface area contributed by atoms with Gasteiger partial charge in [-0.25, -0.2) is 8.78 Å². The molecular weight excluding hydrogens is 1600 g/mol. The average molecular weight is 1680 g/mol. The van der Waals surface area contributed by atoms with Crippen molar-refractivity contribution in [2.24, 2.45) is 0 Å². The molecule has 0 saturated carbocycles. The van der Waals surface area contributed by atoms with Gasteiger partial charge in [-0.05, 0) is 168 Å².